The van der Waals surface area contributed by atoms with E-state index in [1.807, 2.05) is 25.2 Å². The Morgan fingerprint density at radius 3 is 2.36 bits per heavy atom. The molecule has 0 aromatic heterocycles. The van der Waals surface area contributed by atoms with Crippen molar-refractivity contribution in [1.82, 2.24) is 0 Å². The first-order chi connectivity index (χ1) is 6.27. The van der Waals surface area contributed by atoms with Crippen molar-refractivity contribution in [2.24, 2.45) is 11.5 Å². The molecule has 0 aliphatic heterocycles. The maximum atomic E-state index is 6.10. The second-order valence-electron chi connectivity index (χ2n) is 2.83. The lowest BCUT2D eigenvalue weighted by Gasteiger charge is -2.26. The Morgan fingerprint density at radius 1 is 1.64 bits per heavy atom. The van der Waals surface area contributed by atoms with E-state index in [-0.39, 0.29) is 13.9 Å². The molecule has 80 valence electrons. The molecule has 0 bridgehead atoms. The fourth-order valence-corrected chi connectivity index (χ4v) is 1.73. The molecular formula is C8H11Cl2IN2S. The highest BCUT2D eigenvalue weighted by molar-refractivity contribution is 14.1. The maximum absolute atomic E-state index is 6.10. The number of rotatable bonds is 0. The predicted octanol–water partition coefficient (Wildman–Crippen LogP) is 2.67. The third-order valence-corrected chi connectivity index (χ3v) is 4.80. The van der Waals surface area contributed by atoms with Gasteiger partial charge in [-0.25, -0.2) is 0 Å². The van der Waals surface area contributed by atoms with Crippen LogP contribution >= 0.6 is 58.0 Å². The summed E-state index contributed by atoms with van der Waals surface area (Å²) < 4.78 is 0.193. The van der Waals surface area contributed by atoms with Crippen LogP contribution in [-0.4, -0.2) is 13.9 Å². The lowest BCUT2D eigenvalue weighted by atomic mass is 10.0. The van der Waals surface area contributed by atoms with E-state index in [0.29, 0.717) is 0 Å². The fraction of sp³-hybridized carbons (Fsp3) is 0.375. The molecule has 1 aliphatic rings. The Hall–Kier alpha value is 0.480. The second kappa shape index (κ2) is 6.15. The van der Waals surface area contributed by atoms with Crippen LogP contribution in [-0.2, 0) is 0 Å². The lowest BCUT2D eigenvalue weighted by molar-refractivity contribution is 0.811. The van der Waals surface area contributed by atoms with Gasteiger partial charge in [0.1, 0.15) is 0 Å². The molecule has 0 spiro atoms. The zero-order chi connectivity index (χ0) is 11.4. The van der Waals surface area contributed by atoms with E-state index < -0.39 is 0 Å². The van der Waals surface area contributed by atoms with Gasteiger partial charge in [-0.3, -0.25) is 0 Å². The van der Waals surface area contributed by atoms with Gasteiger partial charge in [-0.2, -0.15) is 0 Å². The molecular weight excluding hydrogens is 354 g/mol. The summed E-state index contributed by atoms with van der Waals surface area (Å²) in [6.07, 6.45) is 5.73. The summed E-state index contributed by atoms with van der Waals surface area (Å²) in [4.78, 5) is -0.313. The topological polar surface area (TPSA) is 52.0 Å². The molecule has 4 N–H and O–H groups in total. The third kappa shape index (κ3) is 5.38. The van der Waals surface area contributed by atoms with Crippen LogP contribution in [0.15, 0.2) is 23.3 Å². The first-order valence-electron chi connectivity index (χ1n) is 3.70. The van der Waals surface area contributed by atoms with Crippen LogP contribution in [0.2, 0.25) is 0 Å². The number of nitrogens with two attached hydrogens (primary N) is 2. The van der Waals surface area contributed by atoms with Crippen molar-refractivity contribution < 1.29 is 0 Å². The van der Waals surface area contributed by atoms with Crippen LogP contribution in [0.3, 0.4) is 0 Å². The lowest BCUT2D eigenvalue weighted by Crippen LogP contribution is -2.28. The molecule has 0 amide bonds. The second-order valence-corrected chi connectivity index (χ2v) is 5.79. The van der Waals surface area contributed by atoms with Crippen LogP contribution in [0.4, 0.5) is 0 Å². The highest BCUT2D eigenvalue weighted by atomic mass is 127. The quantitative estimate of drug-likeness (QED) is 0.394. The molecule has 14 heavy (non-hydrogen) atoms. The molecule has 2 unspecified atom stereocenters. The van der Waals surface area contributed by atoms with Crippen molar-refractivity contribution in [3.8, 4) is 0 Å². The predicted molar refractivity (Wildman–Crippen MR) is 76.1 cm³/mol. The van der Waals surface area contributed by atoms with E-state index in [9.17, 15) is 0 Å². The van der Waals surface area contributed by atoms with Gasteiger partial charge in [-0.05, 0) is 25.2 Å². The van der Waals surface area contributed by atoms with Crippen molar-refractivity contribution in [3.63, 3.8) is 0 Å². The summed E-state index contributed by atoms with van der Waals surface area (Å²) in [5.41, 5.74) is 9.24. The molecule has 0 heterocycles. The molecule has 0 saturated heterocycles. The molecule has 1 aliphatic carbocycles. The minimum atomic E-state index is -0.313. The Kier molecular flexibility index (Phi) is 6.36. The third-order valence-electron chi connectivity index (χ3n) is 1.42. The Labute approximate surface area is 113 Å². The van der Waals surface area contributed by atoms with Crippen molar-refractivity contribution >= 4 is 63.1 Å². The van der Waals surface area contributed by atoms with Crippen molar-refractivity contribution in [3.05, 3.63) is 23.3 Å². The highest BCUT2D eigenvalue weighted by Crippen LogP contribution is 2.36. The van der Waals surface area contributed by atoms with Gasteiger partial charge < -0.3 is 11.5 Å². The van der Waals surface area contributed by atoms with Crippen molar-refractivity contribution in [2.75, 3.05) is 0 Å². The van der Waals surface area contributed by atoms with E-state index in [1.54, 1.807) is 0 Å². The number of thiocarbonyl (C=S) groups is 1. The number of allylic oxidation sites excluding steroid dienone is 4. The van der Waals surface area contributed by atoms with Gasteiger partial charge in [-0.1, -0.05) is 46.3 Å². The molecule has 0 aromatic rings. The van der Waals surface area contributed by atoms with Gasteiger partial charge in [0.2, 0.25) is 0 Å². The van der Waals surface area contributed by atoms with E-state index in [2.05, 4.69) is 46.3 Å². The van der Waals surface area contributed by atoms with Crippen molar-refractivity contribution in [1.29, 1.82) is 0 Å². The highest BCUT2D eigenvalue weighted by Gasteiger charge is 2.31. The molecule has 0 radical (unpaired) electrons. The van der Waals surface area contributed by atoms with Crippen LogP contribution in [0.5, 0.6) is 0 Å². The minimum Gasteiger partial charge on any atom is -0.377 e. The average Bonchev–Trinajstić information content (AvgIpc) is 1.99. The zero-order valence-corrected chi connectivity index (χ0v) is 12.0. The van der Waals surface area contributed by atoms with Gasteiger partial charge in [0.15, 0.2) is 5.11 Å². The summed E-state index contributed by atoms with van der Waals surface area (Å²) in [6.45, 7) is 1.96. The zero-order valence-electron chi connectivity index (χ0n) is 7.51. The van der Waals surface area contributed by atoms with E-state index in [4.69, 9.17) is 23.2 Å². The van der Waals surface area contributed by atoms with Gasteiger partial charge in [-0.15, -0.1) is 11.6 Å². The number of halogens is 3. The number of hydrogen-bond donors (Lipinski definition) is 2. The SMILES string of the molecule is CC1(Cl)C=CC=C(Cl)C1I.NC(N)=S. The summed E-state index contributed by atoms with van der Waals surface area (Å²) >= 11 is 18.3. The molecule has 2 nitrogen and oxygen atoms in total. The molecule has 2 atom stereocenters. The fourth-order valence-electron chi connectivity index (χ4n) is 0.767. The van der Waals surface area contributed by atoms with Crippen LogP contribution in [0.25, 0.3) is 0 Å². The number of alkyl halides is 2. The summed E-state index contributed by atoms with van der Waals surface area (Å²) in [6, 6.07) is 0. The monoisotopic (exact) mass is 364 g/mol. The Balaban J connectivity index is 0.000000364. The largest absolute Gasteiger partial charge is 0.377 e. The summed E-state index contributed by atoms with van der Waals surface area (Å²) in [7, 11) is 0. The minimum absolute atomic E-state index is 0.000000000000000222. The summed E-state index contributed by atoms with van der Waals surface area (Å²) in [5, 5.41) is 0.820. The molecule has 0 aromatic carbocycles. The van der Waals surface area contributed by atoms with Crippen molar-refractivity contribution in [2.45, 2.75) is 15.7 Å². The van der Waals surface area contributed by atoms with Gasteiger partial charge in [0.05, 0.1) is 8.80 Å². The Morgan fingerprint density at radius 2 is 2.07 bits per heavy atom. The first-order valence-corrected chi connectivity index (χ1v) is 6.11. The summed E-state index contributed by atoms with van der Waals surface area (Å²) in [5.74, 6) is 0. The standard InChI is InChI=1S/C7H7Cl2I.CH4N2S/c1-7(9)4-2-3-5(8)6(7)10;2-1(3)4/h2-4,6H,1H3;(H4,2,3,4). The van der Waals surface area contributed by atoms with E-state index in [1.165, 1.54) is 0 Å². The normalized spacial score (nSPS) is 30.0. The number of hydrogen-bond acceptors (Lipinski definition) is 1. The van der Waals surface area contributed by atoms with E-state index >= 15 is 0 Å². The van der Waals surface area contributed by atoms with E-state index in [0.717, 1.165) is 5.03 Å². The molecule has 0 saturated carbocycles. The molecule has 1 rings (SSSR count). The van der Waals surface area contributed by atoms with Gasteiger partial charge >= 0.3 is 0 Å². The van der Waals surface area contributed by atoms with Gasteiger partial charge in [0.25, 0.3) is 0 Å². The molecule has 0 fully saturated rings. The van der Waals surface area contributed by atoms with Gasteiger partial charge in [0, 0.05) is 5.03 Å². The average molecular weight is 365 g/mol. The maximum Gasteiger partial charge on any atom is 0.160 e. The smallest absolute Gasteiger partial charge is 0.160 e. The van der Waals surface area contributed by atoms with Crippen LogP contribution in [0.1, 0.15) is 6.92 Å². The molecule has 6 heteroatoms. The Bertz CT molecular complexity index is 273. The van der Waals surface area contributed by atoms with Crippen LogP contribution in [0, 0.1) is 0 Å². The first kappa shape index (κ1) is 14.5. The van der Waals surface area contributed by atoms with Crippen LogP contribution < -0.4 is 11.5 Å².